The first-order valence-electron chi connectivity index (χ1n) is 10.4. The van der Waals surface area contributed by atoms with E-state index >= 15 is 0 Å². The molecular formula is C16H23BrN2O2. The molecule has 2 rings (SSSR count). The summed E-state index contributed by atoms with van der Waals surface area (Å²) in [7, 11) is 0. The van der Waals surface area contributed by atoms with Crippen LogP contribution in [0.1, 0.15) is 37.3 Å². The minimum absolute atomic E-state index is 0.0419. The minimum Gasteiger partial charge on any atom is -0.444 e. The number of halogens is 1. The van der Waals surface area contributed by atoms with Crippen molar-refractivity contribution in [2.75, 3.05) is 30.9 Å². The van der Waals surface area contributed by atoms with Gasteiger partial charge in [-0.25, -0.2) is 4.79 Å². The van der Waals surface area contributed by atoms with Crippen molar-refractivity contribution >= 4 is 27.7 Å². The van der Waals surface area contributed by atoms with Crippen LogP contribution in [0.2, 0.25) is 0 Å². The number of anilines is 1. The number of amides is 1. The molecule has 1 amide bonds. The van der Waals surface area contributed by atoms with E-state index in [1.807, 2.05) is 0 Å². The highest BCUT2D eigenvalue weighted by Gasteiger charge is 2.26. The Morgan fingerprint density at radius 2 is 1.90 bits per heavy atom. The molecule has 1 fully saturated rings. The van der Waals surface area contributed by atoms with Crippen LogP contribution in [0.5, 0.6) is 0 Å². The van der Waals surface area contributed by atoms with Gasteiger partial charge in [0.15, 0.2) is 0 Å². The highest BCUT2D eigenvalue weighted by Crippen LogP contribution is 2.25. The molecule has 1 aliphatic heterocycles. The van der Waals surface area contributed by atoms with Crippen LogP contribution in [-0.4, -0.2) is 42.6 Å². The first-order valence-corrected chi connectivity index (χ1v) is 7.17. The summed E-state index contributed by atoms with van der Waals surface area (Å²) in [4.78, 5) is 12.9. The van der Waals surface area contributed by atoms with Crippen molar-refractivity contribution in [3.05, 3.63) is 28.2 Å². The number of hydrogen-bond donors (Lipinski definition) is 0. The second-order valence-electron chi connectivity index (χ2n) is 5.53. The third-order valence-corrected chi connectivity index (χ3v) is 3.02. The molecule has 0 N–H and O–H groups in total. The van der Waals surface area contributed by atoms with Gasteiger partial charge in [-0.15, -0.1) is 0 Å². The van der Waals surface area contributed by atoms with Gasteiger partial charge in [-0.1, -0.05) is 15.9 Å². The van der Waals surface area contributed by atoms with Crippen LogP contribution in [0.3, 0.4) is 0 Å². The fourth-order valence-electron chi connectivity index (χ4n) is 1.64. The van der Waals surface area contributed by atoms with Gasteiger partial charge in [0.25, 0.3) is 0 Å². The summed E-state index contributed by atoms with van der Waals surface area (Å²) in [6.07, 6.45) is -1.49. The fourth-order valence-corrected chi connectivity index (χ4v) is 2.12. The van der Waals surface area contributed by atoms with Crippen molar-refractivity contribution in [1.29, 1.82) is 0 Å². The summed E-state index contributed by atoms with van der Waals surface area (Å²) in [6.45, 7) is -6.80. The van der Waals surface area contributed by atoms with Crippen LogP contribution < -0.4 is 4.90 Å². The Hall–Kier alpha value is -1.23. The van der Waals surface area contributed by atoms with E-state index in [0.717, 1.165) is 0 Å². The van der Waals surface area contributed by atoms with Gasteiger partial charge in [-0.2, -0.15) is 0 Å². The van der Waals surface area contributed by atoms with E-state index in [-0.39, 0.29) is 10.6 Å². The Morgan fingerprint density at radius 1 is 1.29 bits per heavy atom. The van der Waals surface area contributed by atoms with Gasteiger partial charge in [0.05, 0.1) is 11.0 Å². The number of hydrogen-bond acceptors (Lipinski definition) is 3. The Labute approximate surface area is 146 Å². The van der Waals surface area contributed by atoms with E-state index in [1.165, 1.54) is 32.9 Å². The molecule has 0 bridgehead atoms. The number of benzene rings is 1. The summed E-state index contributed by atoms with van der Waals surface area (Å²) in [6, 6.07) is 4.46. The van der Waals surface area contributed by atoms with Crippen molar-refractivity contribution < 1.29 is 20.5 Å². The molecular weight excluding hydrogens is 332 g/mol. The van der Waals surface area contributed by atoms with Gasteiger partial charge >= 0.3 is 6.09 Å². The molecule has 0 aromatic heterocycles. The molecule has 0 atom stereocenters. The van der Waals surface area contributed by atoms with Crippen LogP contribution in [0, 0.1) is 6.92 Å². The first kappa shape index (κ1) is 8.42. The van der Waals surface area contributed by atoms with Crippen LogP contribution in [0.25, 0.3) is 0 Å². The molecule has 1 aromatic rings. The minimum atomic E-state index is -3.27. The average Bonchev–Trinajstić information content (AvgIpc) is 2.45. The van der Waals surface area contributed by atoms with E-state index < -0.39 is 37.7 Å². The normalized spacial score (nSPS) is 31.3. The summed E-state index contributed by atoms with van der Waals surface area (Å²) in [5.41, 5.74) is -0.772. The zero-order valence-electron chi connectivity index (χ0n) is 20.3. The molecule has 0 aliphatic carbocycles. The topological polar surface area (TPSA) is 32.8 Å². The second-order valence-corrected chi connectivity index (χ2v) is 6.44. The molecule has 1 heterocycles. The first-order chi connectivity index (χ1) is 12.8. The number of nitrogens with zero attached hydrogens (tertiary/aromatic N) is 2. The van der Waals surface area contributed by atoms with Crippen LogP contribution in [0.15, 0.2) is 22.7 Å². The number of aryl methyl sites for hydroxylation is 1. The molecule has 21 heavy (non-hydrogen) atoms. The van der Waals surface area contributed by atoms with Crippen molar-refractivity contribution in [3.63, 3.8) is 0 Å². The molecule has 1 aromatic carbocycles. The zero-order valence-corrected chi connectivity index (χ0v) is 13.9. The van der Waals surface area contributed by atoms with Gasteiger partial charge in [0, 0.05) is 36.1 Å². The average molecular weight is 363 g/mol. The van der Waals surface area contributed by atoms with Crippen molar-refractivity contribution in [3.8, 4) is 0 Å². The lowest BCUT2D eigenvalue weighted by Crippen LogP contribution is -2.50. The van der Waals surface area contributed by atoms with Crippen LogP contribution >= 0.6 is 15.9 Å². The molecule has 5 heteroatoms. The monoisotopic (exact) mass is 362 g/mol. The van der Waals surface area contributed by atoms with E-state index in [2.05, 4.69) is 15.9 Å². The van der Waals surface area contributed by atoms with E-state index in [4.69, 9.17) is 15.7 Å². The second kappa shape index (κ2) is 6.26. The van der Waals surface area contributed by atoms with Crippen molar-refractivity contribution in [2.45, 2.75) is 33.3 Å². The van der Waals surface area contributed by atoms with Gasteiger partial charge in [-0.05, 0) is 51.5 Å². The maximum Gasteiger partial charge on any atom is 0.410 e. The number of piperazine rings is 1. The smallest absolute Gasteiger partial charge is 0.410 e. The third kappa shape index (κ3) is 4.37. The summed E-state index contributed by atoms with van der Waals surface area (Å²) in [5, 5.41) is 0. The number of ether oxygens (including phenoxy) is 1. The van der Waals surface area contributed by atoms with Crippen LogP contribution in [-0.2, 0) is 4.74 Å². The van der Waals surface area contributed by atoms with E-state index in [0.29, 0.717) is 14.9 Å². The summed E-state index contributed by atoms with van der Waals surface area (Å²) >= 11 is 3.26. The molecule has 0 radical (unpaired) electrons. The highest BCUT2D eigenvalue weighted by molar-refractivity contribution is 9.10. The maximum absolute atomic E-state index is 12.6. The van der Waals surface area contributed by atoms with Gasteiger partial charge in [0.2, 0.25) is 0 Å². The molecule has 0 unspecified atom stereocenters. The van der Waals surface area contributed by atoms with Crippen molar-refractivity contribution in [2.24, 2.45) is 0 Å². The molecule has 116 valence electrons. The molecule has 1 saturated heterocycles. The van der Waals surface area contributed by atoms with Crippen molar-refractivity contribution in [1.82, 2.24) is 4.90 Å². The predicted octanol–water partition coefficient (Wildman–Crippen LogP) is 3.81. The standard InChI is InChI=1S/C16H23BrN2O2/c1-12-11-13(17)5-6-14(12)18-7-9-19(10-8-18)15(20)21-16(2,3)4/h5-6,11H,7-10H2,1-4H3/i7D2,8D2,9D2,10D2. The molecule has 0 spiro atoms. The Bertz CT molecular complexity index is 798. The fraction of sp³-hybridized carbons (Fsp3) is 0.562. The van der Waals surface area contributed by atoms with E-state index in [1.54, 1.807) is 13.0 Å². The summed E-state index contributed by atoms with van der Waals surface area (Å²) in [5.74, 6) is 0. The quantitative estimate of drug-likeness (QED) is 0.761. The summed E-state index contributed by atoms with van der Waals surface area (Å²) < 4.78 is 72.6. The van der Waals surface area contributed by atoms with Gasteiger partial charge < -0.3 is 14.5 Å². The SMILES string of the molecule is [2H]C1([2H])N(C(=O)OC(C)(C)C)C([2H])([2H])C([2H])([2H])N(c2ccc(Br)cc2C)C1([2H])[2H]. The molecule has 4 nitrogen and oxygen atoms in total. The Morgan fingerprint density at radius 3 is 2.43 bits per heavy atom. The van der Waals surface area contributed by atoms with E-state index in [9.17, 15) is 4.79 Å². The Balaban J connectivity index is 2.74. The number of rotatable bonds is 1. The largest absolute Gasteiger partial charge is 0.444 e. The number of carbonyl (C=O) groups excluding carboxylic acids is 1. The lowest BCUT2D eigenvalue weighted by Gasteiger charge is -2.37. The zero-order chi connectivity index (χ0) is 22.8. The molecule has 0 saturated carbocycles. The third-order valence-electron chi connectivity index (χ3n) is 2.52. The maximum atomic E-state index is 12.6. The number of carbonyl (C=O) groups is 1. The highest BCUT2D eigenvalue weighted by atomic mass is 79.9. The van der Waals surface area contributed by atoms with Gasteiger partial charge in [-0.3, -0.25) is 0 Å². The molecule has 1 aliphatic rings. The predicted molar refractivity (Wildman–Crippen MR) is 88.9 cm³/mol. The Kier molecular flexibility index (Phi) is 2.51. The van der Waals surface area contributed by atoms with Crippen LogP contribution in [0.4, 0.5) is 10.5 Å². The lowest BCUT2D eigenvalue weighted by atomic mass is 10.1. The van der Waals surface area contributed by atoms with Gasteiger partial charge in [0.1, 0.15) is 5.60 Å². The lowest BCUT2D eigenvalue weighted by molar-refractivity contribution is 0.0240.